The Morgan fingerprint density at radius 1 is 0.0966 bits per heavy atom. The molecule has 0 aromatic carbocycles. The highest BCUT2D eigenvalue weighted by molar-refractivity contribution is 4.51. The molecule has 0 saturated heterocycles. The smallest absolute Gasteiger partial charge is 0.100 e. The van der Waals surface area contributed by atoms with E-state index in [1.165, 1.54) is 0 Å². The summed E-state index contributed by atoms with van der Waals surface area (Å²) < 4.78 is 259. The van der Waals surface area contributed by atoms with Gasteiger partial charge in [0.1, 0.15) is 6.10 Å². The molecule has 49 nitrogen and oxygen atoms in total. The molecular formula is C96H194O49. The molecule has 0 radical (unpaired) electrons. The maximum absolute atomic E-state index is 9.17. The van der Waals surface area contributed by atoms with Gasteiger partial charge in [-0.05, 0) is 0 Å². The molecule has 0 aliphatic rings. The Bertz CT molecular complexity index is 1970. The standard InChI is InChI=1S/C96H194O49/c1-99-2-3-100-4-5-101-6-7-102-8-9-103-10-11-104-12-13-105-14-15-106-16-17-107-18-19-108-20-21-109-22-23-110-24-25-111-26-27-112-28-29-113-30-31-114-32-33-115-34-35-116-36-37-117-38-39-118-40-41-119-42-43-120-44-45-121-46-47-122-48-49-123-50-51-124-52-53-125-54-55-126-56-57-127-58-59-128-60-61-129-62-63-130-64-65-131-66-67-132-68-69-133-70-71-134-72-73-135-74-75-136-76-77-137-78-79-138-80-81-139-82-83-140-84-85-141-86-87-142-88-89-143-90-91-144-92-93-145-95-96(98)94-97/h96-98H,2-95H2,1H3. The Kier molecular flexibility index (Phi) is 138. The van der Waals surface area contributed by atoms with Gasteiger partial charge in [0.05, 0.1) is 621 Å². The molecule has 0 aliphatic heterocycles. The zero-order valence-corrected chi connectivity index (χ0v) is 88.1. The third kappa shape index (κ3) is 140. The van der Waals surface area contributed by atoms with Crippen LogP contribution >= 0.6 is 0 Å². The van der Waals surface area contributed by atoms with Crippen molar-refractivity contribution in [2.24, 2.45) is 0 Å². The van der Waals surface area contributed by atoms with E-state index in [9.17, 15) is 5.11 Å². The van der Waals surface area contributed by atoms with E-state index in [4.69, 9.17) is 228 Å². The van der Waals surface area contributed by atoms with Gasteiger partial charge in [-0.15, -0.1) is 0 Å². The van der Waals surface area contributed by atoms with Crippen LogP contribution in [-0.4, -0.2) is 644 Å². The van der Waals surface area contributed by atoms with E-state index in [1.807, 2.05) is 0 Å². The second kappa shape index (κ2) is 140. The average Bonchev–Trinajstić information content (AvgIpc) is 1.10. The van der Waals surface area contributed by atoms with Crippen molar-refractivity contribution >= 4 is 0 Å². The number of hydrogen-bond acceptors (Lipinski definition) is 49. The lowest BCUT2D eigenvalue weighted by Crippen LogP contribution is -2.21. The first-order chi connectivity index (χ1) is 72.3. The van der Waals surface area contributed by atoms with Crippen molar-refractivity contribution in [2.45, 2.75) is 6.10 Å². The van der Waals surface area contributed by atoms with E-state index in [0.29, 0.717) is 608 Å². The van der Waals surface area contributed by atoms with Gasteiger partial charge in [-0.25, -0.2) is 0 Å². The first kappa shape index (κ1) is 143. The van der Waals surface area contributed by atoms with Gasteiger partial charge in [0, 0.05) is 7.11 Å². The van der Waals surface area contributed by atoms with Gasteiger partial charge in [-0.1, -0.05) is 0 Å². The molecule has 2 N–H and O–H groups in total. The van der Waals surface area contributed by atoms with Gasteiger partial charge >= 0.3 is 0 Å². The summed E-state index contributed by atoms with van der Waals surface area (Å²) in [5.41, 5.74) is 0. The number of aliphatic hydroxyl groups excluding tert-OH is 2. The van der Waals surface area contributed by atoms with E-state index in [2.05, 4.69) is 0 Å². The van der Waals surface area contributed by atoms with Gasteiger partial charge in [-0.3, -0.25) is 0 Å². The van der Waals surface area contributed by atoms with Crippen molar-refractivity contribution in [1.82, 2.24) is 0 Å². The fraction of sp³-hybridized carbons (Fsp3) is 1.00. The first-order valence-electron chi connectivity index (χ1n) is 51.6. The molecule has 0 aliphatic carbocycles. The van der Waals surface area contributed by atoms with Gasteiger partial charge < -0.3 is 233 Å². The second-order valence-corrected chi connectivity index (χ2v) is 29.5. The summed E-state index contributed by atoms with van der Waals surface area (Å²) in [5.74, 6) is 0. The molecule has 0 saturated carbocycles. The molecule has 0 aromatic heterocycles. The normalized spacial score (nSPS) is 12.1. The van der Waals surface area contributed by atoms with Crippen LogP contribution in [0.4, 0.5) is 0 Å². The summed E-state index contributed by atoms with van der Waals surface area (Å²) >= 11 is 0. The SMILES string of the molecule is COCCOCCOCCOCCOCCOCCOCCOCCOCCOCCOCCOCCOCCOCCOCCOCCOCCOCCOCCOCCOCCOCCOCCOCCOCCOCCOCCOCCOCCOCCOCCOCCOCCOCCOCCOCCOCCOCCOCCOCCOCCOCCOCCOCCOCCOCCOCC(O)CO. The zero-order chi connectivity index (χ0) is 103. The van der Waals surface area contributed by atoms with Crippen LogP contribution in [0.5, 0.6) is 0 Å². The number of aliphatic hydroxyl groups is 2. The molecule has 0 aromatic rings. The number of ether oxygens (including phenoxy) is 47. The Hall–Kier alpha value is -1.96. The lowest BCUT2D eigenvalue weighted by atomic mass is 10.4. The highest BCUT2D eigenvalue weighted by atomic mass is 16.7. The molecular weight excluding hydrogens is 1940 g/mol. The van der Waals surface area contributed by atoms with Crippen LogP contribution < -0.4 is 0 Å². The van der Waals surface area contributed by atoms with Crippen LogP contribution in [0.2, 0.25) is 0 Å². The van der Waals surface area contributed by atoms with Crippen molar-refractivity contribution in [2.75, 3.05) is 628 Å². The average molecular weight is 2130 g/mol. The number of hydrogen-bond donors (Lipinski definition) is 2. The summed E-state index contributed by atoms with van der Waals surface area (Å²) in [7, 11) is 1.64. The predicted molar refractivity (Wildman–Crippen MR) is 523 cm³/mol. The largest absolute Gasteiger partial charge is 0.394 e. The fourth-order valence-electron chi connectivity index (χ4n) is 10.3. The van der Waals surface area contributed by atoms with E-state index >= 15 is 0 Å². The van der Waals surface area contributed by atoms with E-state index in [1.54, 1.807) is 7.11 Å². The first-order valence-corrected chi connectivity index (χ1v) is 51.6. The second-order valence-electron chi connectivity index (χ2n) is 29.5. The maximum atomic E-state index is 9.17. The van der Waals surface area contributed by atoms with Crippen LogP contribution in [0.25, 0.3) is 0 Å². The molecule has 0 heterocycles. The minimum absolute atomic E-state index is 0.0842. The molecule has 0 bridgehead atoms. The Balaban J connectivity index is 3.11. The maximum Gasteiger partial charge on any atom is 0.100 e. The van der Waals surface area contributed by atoms with Crippen LogP contribution in [0.3, 0.4) is 0 Å². The molecule has 872 valence electrons. The van der Waals surface area contributed by atoms with Gasteiger partial charge in [0.2, 0.25) is 0 Å². The molecule has 0 spiro atoms. The molecule has 0 fully saturated rings. The minimum Gasteiger partial charge on any atom is -0.394 e. The van der Waals surface area contributed by atoms with E-state index in [-0.39, 0.29) is 13.2 Å². The monoisotopic (exact) mass is 2130 g/mol. The Labute approximate surface area is 863 Å². The highest BCUT2D eigenvalue weighted by Crippen LogP contribution is 1.98. The van der Waals surface area contributed by atoms with E-state index in [0.717, 1.165) is 0 Å². The van der Waals surface area contributed by atoms with Crippen LogP contribution in [-0.2, 0) is 223 Å². The summed E-state index contributed by atoms with van der Waals surface area (Å²) in [5, 5.41) is 17.9. The quantitative estimate of drug-likeness (QED) is 0.0741. The van der Waals surface area contributed by atoms with E-state index < -0.39 is 6.10 Å². The lowest BCUT2D eigenvalue weighted by Gasteiger charge is -2.09. The highest BCUT2D eigenvalue weighted by Gasteiger charge is 2.08. The van der Waals surface area contributed by atoms with Crippen molar-refractivity contribution in [3.05, 3.63) is 0 Å². The Morgan fingerprint density at radius 2 is 0.152 bits per heavy atom. The molecule has 0 amide bonds. The zero-order valence-electron chi connectivity index (χ0n) is 88.1. The third-order valence-electron chi connectivity index (χ3n) is 17.7. The topological polar surface area (TPSA) is 474 Å². The van der Waals surface area contributed by atoms with Gasteiger partial charge in [-0.2, -0.15) is 0 Å². The van der Waals surface area contributed by atoms with Crippen LogP contribution in [0, 0.1) is 0 Å². The van der Waals surface area contributed by atoms with Crippen molar-refractivity contribution in [3.63, 3.8) is 0 Å². The summed E-state index contributed by atoms with van der Waals surface area (Å²) in [6.07, 6.45) is -0.861. The molecule has 49 heteroatoms. The Morgan fingerprint density at radius 3 is 0.207 bits per heavy atom. The lowest BCUT2D eigenvalue weighted by molar-refractivity contribution is -0.0335. The van der Waals surface area contributed by atoms with Crippen molar-refractivity contribution in [1.29, 1.82) is 0 Å². The van der Waals surface area contributed by atoms with Crippen molar-refractivity contribution < 1.29 is 233 Å². The molecule has 145 heavy (non-hydrogen) atoms. The van der Waals surface area contributed by atoms with Crippen LogP contribution in [0.15, 0.2) is 0 Å². The summed E-state index contributed by atoms with van der Waals surface area (Å²) in [4.78, 5) is 0. The van der Waals surface area contributed by atoms with Gasteiger partial charge in [0.15, 0.2) is 0 Å². The number of methoxy groups -OCH3 is 1. The van der Waals surface area contributed by atoms with Crippen LogP contribution in [0.1, 0.15) is 0 Å². The molecule has 0 rings (SSSR count). The minimum atomic E-state index is -0.861. The molecule has 1 atom stereocenters. The fourth-order valence-corrected chi connectivity index (χ4v) is 10.3. The van der Waals surface area contributed by atoms with Gasteiger partial charge in [0.25, 0.3) is 0 Å². The third-order valence-corrected chi connectivity index (χ3v) is 17.7. The summed E-state index contributed by atoms with van der Waals surface area (Å²) in [6, 6.07) is 0. The predicted octanol–water partition coefficient (Wildman–Crippen LogP) is -0.250. The molecule has 1 unspecified atom stereocenters. The van der Waals surface area contributed by atoms with Crippen molar-refractivity contribution in [3.8, 4) is 0 Å². The number of rotatable bonds is 141. The summed E-state index contributed by atoms with van der Waals surface area (Å²) in [6.45, 7) is 43.6.